The van der Waals surface area contributed by atoms with E-state index < -0.39 is 47.9 Å². The Labute approximate surface area is 377 Å². The van der Waals surface area contributed by atoms with Crippen molar-refractivity contribution in [2.75, 3.05) is 65.8 Å². The fraction of sp³-hybridized carbons (Fsp3) is 0.471. The standard InChI is InChI=1S/C51H64N4O9/c1-51(2,3)64-50(59)52-44(32-36-9-5-4-6-10-36)45(56)33-41(31-37-15-19-42(20-16-37)62-30-25-54-21-26-60-27-22-54)48(57)53-47-43-12-8-7-11-40(43)34-46(47)63-49(58)39-17-13-38(14-18-39)35-55-23-28-61-29-24-55/h4-20,41,44-47,56H,21-35H2,1-3H3,(H,52,59)(H,53,57)/t41?,44?,45?,46-,47-/m0/s1. The molecule has 2 amide bonds. The van der Waals surface area contributed by atoms with Crippen molar-refractivity contribution >= 4 is 18.0 Å². The van der Waals surface area contributed by atoms with Crippen LogP contribution in [-0.2, 0) is 49.5 Å². The van der Waals surface area contributed by atoms with Crippen LogP contribution < -0.4 is 15.4 Å². The van der Waals surface area contributed by atoms with Crippen molar-refractivity contribution in [3.8, 4) is 5.75 Å². The molecule has 5 atom stereocenters. The van der Waals surface area contributed by atoms with Crippen molar-refractivity contribution in [2.24, 2.45) is 5.92 Å². The quantitative estimate of drug-likeness (QED) is 0.103. The summed E-state index contributed by atoms with van der Waals surface area (Å²) in [5.41, 5.74) is 4.42. The van der Waals surface area contributed by atoms with Crippen molar-refractivity contribution in [3.05, 3.63) is 137 Å². The van der Waals surface area contributed by atoms with Crippen LogP contribution in [-0.4, -0.2) is 122 Å². The molecule has 13 heteroatoms. The topological polar surface area (TPSA) is 148 Å². The van der Waals surface area contributed by atoms with Gasteiger partial charge >= 0.3 is 12.1 Å². The lowest BCUT2D eigenvalue weighted by Crippen LogP contribution is -2.48. The van der Waals surface area contributed by atoms with E-state index in [1.54, 1.807) is 32.9 Å². The van der Waals surface area contributed by atoms with Crippen LogP contribution in [0.15, 0.2) is 103 Å². The molecule has 2 fully saturated rings. The first-order chi connectivity index (χ1) is 31.0. The summed E-state index contributed by atoms with van der Waals surface area (Å²) in [4.78, 5) is 46.3. The smallest absolute Gasteiger partial charge is 0.407 e. The highest BCUT2D eigenvalue weighted by Gasteiger charge is 2.39. The molecule has 2 aliphatic heterocycles. The van der Waals surface area contributed by atoms with E-state index in [-0.39, 0.29) is 18.7 Å². The molecule has 3 unspecified atom stereocenters. The largest absolute Gasteiger partial charge is 0.492 e. The normalized spacial score (nSPS) is 19.4. The average Bonchev–Trinajstić information content (AvgIpc) is 3.63. The Bertz CT molecular complexity index is 2100. The number of rotatable bonds is 18. The molecule has 1 aliphatic carbocycles. The second-order valence-electron chi connectivity index (χ2n) is 18.0. The fourth-order valence-corrected chi connectivity index (χ4v) is 8.55. The molecule has 0 aromatic heterocycles. The van der Waals surface area contributed by atoms with Gasteiger partial charge in [-0.15, -0.1) is 0 Å². The van der Waals surface area contributed by atoms with E-state index in [0.29, 0.717) is 38.2 Å². The van der Waals surface area contributed by atoms with Crippen LogP contribution in [0.2, 0.25) is 0 Å². The van der Waals surface area contributed by atoms with Gasteiger partial charge in [0.05, 0.1) is 50.2 Å². The van der Waals surface area contributed by atoms with Crippen LogP contribution in [0.5, 0.6) is 5.75 Å². The van der Waals surface area contributed by atoms with E-state index >= 15 is 0 Å². The molecular formula is C51H64N4O9. The second-order valence-corrected chi connectivity index (χ2v) is 18.0. The highest BCUT2D eigenvalue weighted by atomic mass is 16.6. The SMILES string of the molecule is CC(C)(C)OC(=O)NC(Cc1ccccc1)C(O)CC(Cc1ccc(OCCN2CCOCC2)cc1)C(=O)N[C@H]1c2ccccc2C[C@@H]1OC(=O)c1ccc(CN2CCOCC2)cc1. The van der Waals surface area contributed by atoms with Gasteiger partial charge in [0, 0.05) is 51.6 Å². The van der Waals surface area contributed by atoms with Crippen molar-refractivity contribution < 1.29 is 43.2 Å². The number of benzene rings is 4. The summed E-state index contributed by atoms with van der Waals surface area (Å²) < 4.78 is 28.8. The molecule has 2 heterocycles. The number of hydrogen-bond acceptors (Lipinski definition) is 11. The number of nitrogens with one attached hydrogen (secondary N) is 2. The molecule has 3 N–H and O–H groups in total. The number of nitrogens with zero attached hydrogens (tertiary/aromatic N) is 2. The maximum absolute atomic E-state index is 14.8. The molecule has 342 valence electrons. The predicted molar refractivity (Wildman–Crippen MR) is 243 cm³/mol. The van der Waals surface area contributed by atoms with Crippen molar-refractivity contribution in [2.45, 2.75) is 82.9 Å². The molecule has 0 radical (unpaired) electrons. The summed E-state index contributed by atoms with van der Waals surface area (Å²) >= 11 is 0. The van der Waals surface area contributed by atoms with Gasteiger partial charge < -0.3 is 39.4 Å². The summed E-state index contributed by atoms with van der Waals surface area (Å²) in [6, 6.07) is 31.2. The van der Waals surface area contributed by atoms with Gasteiger partial charge in [0.15, 0.2) is 0 Å². The van der Waals surface area contributed by atoms with Crippen LogP contribution in [0.1, 0.15) is 71.4 Å². The summed E-state index contributed by atoms with van der Waals surface area (Å²) in [6.07, 6.45) is -1.40. The van der Waals surface area contributed by atoms with E-state index in [2.05, 4.69) is 20.4 Å². The zero-order valence-corrected chi connectivity index (χ0v) is 37.4. The maximum Gasteiger partial charge on any atom is 0.407 e. The summed E-state index contributed by atoms with van der Waals surface area (Å²) in [6.45, 7) is 13.9. The minimum Gasteiger partial charge on any atom is -0.492 e. The van der Waals surface area contributed by atoms with Crippen molar-refractivity contribution in [1.29, 1.82) is 0 Å². The maximum atomic E-state index is 14.8. The van der Waals surface area contributed by atoms with Gasteiger partial charge in [0.25, 0.3) is 0 Å². The van der Waals surface area contributed by atoms with Gasteiger partial charge in [0.1, 0.15) is 24.1 Å². The van der Waals surface area contributed by atoms with E-state index in [1.807, 2.05) is 91.0 Å². The van der Waals surface area contributed by atoms with Crippen LogP contribution in [0.4, 0.5) is 4.79 Å². The third-order valence-electron chi connectivity index (χ3n) is 12.0. The lowest BCUT2D eigenvalue weighted by atomic mass is 9.88. The number of carbonyl (C=O) groups is 3. The molecule has 0 spiro atoms. The fourth-order valence-electron chi connectivity index (χ4n) is 8.55. The summed E-state index contributed by atoms with van der Waals surface area (Å²) in [5, 5.41) is 18.2. The average molecular weight is 877 g/mol. The molecule has 0 saturated carbocycles. The molecule has 64 heavy (non-hydrogen) atoms. The zero-order chi connectivity index (χ0) is 44.9. The van der Waals surface area contributed by atoms with E-state index in [4.69, 9.17) is 23.7 Å². The molecule has 13 nitrogen and oxygen atoms in total. The highest BCUT2D eigenvalue weighted by Crippen LogP contribution is 2.35. The Morgan fingerprint density at radius 3 is 2.08 bits per heavy atom. The number of fused-ring (bicyclic) bond motifs is 1. The van der Waals surface area contributed by atoms with E-state index in [1.165, 1.54) is 0 Å². The van der Waals surface area contributed by atoms with Crippen molar-refractivity contribution in [1.82, 2.24) is 20.4 Å². The molecule has 7 rings (SSSR count). The van der Waals surface area contributed by atoms with Gasteiger partial charge in [-0.1, -0.05) is 78.9 Å². The Hall–Kier alpha value is -5.31. The number of aliphatic hydroxyl groups is 1. The Morgan fingerprint density at radius 1 is 0.766 bits per heavy atom. The zero-order valence-electron chi connectivity index (χ0n) is 37.4. The van der Waals surface area contributed by atoms with Gasteiger partial charge in [-0.2, -0.15) is 0 Å². The lowest BCUT2D eigenvalue weighted by molar-refractivity contribution is -0.127. The highest BCUT2D eigenvalue weighted by molar-refractivity contribution is 5.89. The van der Waals surface area contributed by atoms with Gasteiger partial charge in [-0.3, -0.25) is 14.6 Å². The number of hydrogen-bond donors (Lipinski definition) is 3. The third-order valence-corrected chi connectivity index (χ3v) is 12.0. The van der Waals surface area contributed by atoms with Gasteiger partial charge in [0.2, 0.25) is 5.91 Å². The molecule has 4 aromatic carbocycles. The molecular weight excluding hydrogens is 813 g/mol. The molecule has 4 aromatic rings. The number of amides is 2. The van der Waals surface area contributed by atoms with Crippen molar-refractivity contribution in [3.63, 3.8) is 0 Å². The number of aliphatic hydroxyl groups excluding tert-OH is 1. The van der Waals surface area contributed by atoms with Crippen LogP contribution in [0.3, 0.4) is 0 Å². The number of alkyl carbamates (subject to hydrolysis) is 1. The van der Waals surface area contributed by atoms with Crippen LogP contribution in [0.25, 0.3) is 0 Å². The Morgan fingerprint density at radius 2 is 1.39 bits per heavy atom. The summed E-state index contributed by atoms with van der Waals surface area (Å²) in [5.74, 6) is -0.798. The van der Waals surface area contributed by atoms with Crippen LogP contribution >= 0.6 is 0 Å². The predicted octanol–water partition coefficient (Wildman–Crippen LogP) is 5.91. The van der Waals surface area contributed by atoms with E-state index in [9.17, 15) is 19.5 Å². The minimum atomic E-state index is -1.14. The first kappa shape index (κ1) is 46.7. The minimum absolute atomic E-state index is 0.0204. The Balaban J connectivity index is 1.08. The third kappa shape index (κ3) is 13.8. The van der Waals surface area contributed by atoms with Crippen LogP contribution in [0, 0.1) is 5.92 Å². The first-order valence-corrected chi connectivity index (χ1v) is 22.7. The lowest BCUT2D eigenvalue weighted by Gasteiger charge is -2.30. The summed E-state index contributed by atoms with van der Waals surface area (Å²) in [7, 11) is 0. The van der Waals surface area contributed by atoms with Gasteiger partial charge in [-0.05, 0) is 92.1 Å². The number of morpholine rings is 2. The monoisotopic (exact) mass is 876 g/mol. The molecule has 2 saturated heterocycles. The number of ether oxygens (including phenoxy) is 5. The Kier molecular flexibility index (Phi) is 16.4. The number of esters is 1. The van der Waals surface area contributed by atoms with Gasteiger partial charge in [-0.25, -0.2) is 9.59 Å². The molecule has 0 bridgehead atoms. The molecule has 3 aliphatic rings. The number of carbonyl (C=O) groups excluding carboxylic acids is 3. The second kappa shape index (κ2) is 22.5. The first-order valence-electron chi connectivity index (χ1n) is 22.7. The van der Waals surface area contributed by atoms with E-state index in [0.717, 1.165) is 86.0 Å².